The molecule has 0 atom stereocenters. The van der Waals surface area contributed by atoms with Gasteiger partial charge in [-0.05, 0) is 52.4 Å². The molecule has 2 rings (SSSR count). The van der Waals surface area contributed by atoms with Gasteiger partial charge >= 0.3 is 5.97 Å². The van der Waals surface area contributed by atoms with Gasteiger partial charge in [-0.3, -0.25) is 4.79 Å². The number of esters is 1. The maximum absolute atomic E-state index is 12.2. The Balaban J connectivity index is 1.99. The van der Waals surface area contributed by atoms with Crippen molar-refractivity contribution in [2.75, 3.05) is 13.2 Å². The molecule has 1 saturated carbocycles. The summed E-state index contributed by atoms with van der Waals surface area (Å²) in [6, 6.07) is 0. The zero-order valence-corrected chi connectivity index (χ0v) is 10.5. The molecule has 0 amide bonds. The molecule has 0 unspecified atom stereocenters. The molecule has 2 fully saturated rings. The summed E-state index contributed by atoms with van der Waals surface area (Å²) in [6.45, 7) is 7.41. The first-order valence-corrected chi connectivity index (χ1v) is 6.25. The number of carbonyl (C=O) groups excluding carboxylic acids is 1. The molecule has 1 heterocycles. The normalized spacial score (nSPS) is 25.2. The zero-order valence-electron chi connectivity index (χ0n) is 10.5. The van der Waals surface area contributed by atoms with Crippen molar-refractivity contribution >= 4 is 5.97 Å². The van der Waals surface area contributed by atoms with Crippen molar-refractivity contribution in [3.05, 3.63) is 0 Å². The Morgan fingerprint density at radius 3 is 2.25 bits per heavy atom. The average molecular weight is 226 g/mol. The van der Waals surface area contributed by atoms with Crippen molar-refractivity contribution in [1.82, 2.24) is 0 Å². The van der Waals surface area contributed by atoms with Crippen LogP contribution in [0.15, 0.2) is 0 Å². The quantitative estimate of drug-likeness (QED) is 0.679. The molecule has 1 aliphatic carbocycles. The van der Waals surface area contributed by atoms with Crippen LogP contribution in [0.4, 0.5) is 0 Å². The first-order chi connectivity index (χ1) is 7.44. The minimum atomic E-state index is -0.363. The lowest BCUT2D eigenvalue weighted by Crippen LogP contribution is -2.36. The van der Waals surface area contributed by atoms with Gasteiger partial charge in [0.15, 0.2) is 0 Å². The summed E-state index contributed by atoms with van der Waals surface area (Å²) in [5.74, 6) is 0.503. The van der Waals surface area contributed by atoms with Gasteiger partial charge in [-0.2, -0.15) is 0 Å². The SMILES string of the molecule is CC(C)(C)OC(=O)C1(C2CCOCC2)CC1. The summed E-state index contributed by atoms with van der Waals surface area (Å²) < 4.78 is 10.9. The lowest BCUT2D eigenvalue weighted by Gasteiger charge is -2.31. The second-order valence-corrected chi connectivity index (χ2v) is 6.04. The van der Waals surface area contributed by atoms with Gasteiger partial charge in [0.1, 0.15) is 5.60 Å². The largest absolute Gasteiger partial charge is 0.460 e. The molecule has 92 valence electrons. The van der Waals surface area contributed by atoms with E-state index in [4.69, 9.17) is 9.47 Å². The van der Waals surface area contributed by atoms with Crippen LogP contribution in [0.5, 0.6) is 0 Å². The van der Waals surface area contributed by atoms with Gasteiger partial charge in [0.25, 0.3) is 0 Å². The maximum atomic E-state index is 12.2. The van der Waals surface area contributed by atoms with E-state index in [9.17, 15) is 4.79 Å². The van der Waals surface area contributed by atoms with Crippen LogP contribution >= 0.6 is 0 Å². The van der Waals surface area contributed by atoms with Crippen molar-refractivity contribution in [3.63, 3.8) is 0 Å². The number of hydrogen-bond donors (Lipinski definition) is 0. The van der Waals surface area contributed by atoms with Gasteiger partial charge in [0.2, 0.25) is 0 Å². The van der Waals surface area contributed by atoms with E-state index in [1.54, 1.807) is 0 Å². The van der Waals surface area contributed by atoms with Gasteiger partial charge in [0.05, 0.1) is 5.41 Å². The molecule has 0 spiro atoms. The fourth-order valence-corrected chi connectivity index (χ4v) is 2.54. The van der Waals surface area contributed by atoms with E-state index in [1.165, 1.54) is 0 Å². The highest BCUT2D eigenvalue weighted by Crippen LogP contribution is 2.56. The predicted molar refractivity (Wildman–Crippen MR) is 61.1 cm³/mol. The van der Waals surface area contributed by atoms with E-state index < -0.39 is 0 Å². The van der Waals surface area contributed by atoms with Crippen molar-refractivity contribution in [3.8, 4) is 0 Å². The Kier molecular flexibility index (Phi) is 2.99. The van der Waals surface area contributed by atoms with E-state index in [2.05, 4.69) is 0 Å². The molecule has 0 aromatic rings. The highest BCUT2D eigenvalue weighted by molar-refractivity contribution is 5.80. The molecule has 2 aliphatic rings. The summed E-state index contributed by atoms with van der Waals surface area (Å²) >= 11 is 0. The highest BCUT2D eigenvalue weighted by atomic mass is 16.6. The van der Waals surface area contributed by atoms with Crippen LogP contribution in [0.25, 0.3) is 0 Å². The number of rotatable bonds is 2. The highest BCUT2D eigenvalue weighted by Gasteiger charge is 2.57. The Morgan fingerprint density at radius 2 is 1.81 bits per heavy atom. The monoisotopic (exact) mass is 226 g/mol. The second kappa shape index (κ2) is 4.02. The van der Waals surface area contributed by atoms with Crippen molar-refractivity contribution in [1.29, 1.82) is 0 Å². The van der Waals surface area contributed by atoms with Gasteiger partial charge in [-0.25, -0.2) is 0 Å². The van der Waals surface area contributed by atoms with Gasteiger partial charge in [0, 0.05) is 13.2 Å². The summed E-state index contributed by atoms with van der Waals surface area (Å²) in [5.41, 5.74) is -0.519. The van der Waals surface area contributed by atoms with Crippen LogP contribution in [-0.2, 0) is 14.3 Å². The van der Waals surface area contributed by atoms with Crippen LogP contribution in [0.3, 0.4) is 0 Å². The number of hydrogen-bond acceptors (Lipinski definition) is 3. The summed E-state index contributed by atoms with van der Waals surface area (Å²) in [5, 5.41) is 0. The smallest absolute Gasteiger partial charge is 0.312 e. The van der Waals surface area contributed by atoms with Crippen LogP contribution in [0.2, 0.25) is 0 Å². The van der Waals surface area contributed by atoms with Gasteiger partial charge in [-0.1, -0.05) is 0 Å². The number of ether oxygens (including phenoxy) is 2. The molecule has 3 nitrogen and oxygen atoms in total. The Morgan fingerprint density at radius 1 is 1.25 bits per heavy atom. The number of carbonyl (C=O) groups is 1. The molecule has 1 saturated heterocycles. The van der Waals surface area contributed by atoms with E-state index >= 15 is 0 Å². The van der Waals surface area contributed by atoms with Crippen LogP contribution in [-0.4, -0.2) is 24.8 Å². The van der Waals surface area contributed by atoms with E-state index in [-0.39, 0.29) is 17.0 Å². The summed E-state index contributed by atoms with van der Waals surface area (Å²) in [6.07, 6.45) is 4.04. The Labute approximate surface area is 97.5 Å². The minimum Gasteiger partial charge on any atom is -0.460 e. The third-order valence-electron chi connectivity index (χ3n) is 3.60. The van der Waals surface area contributed by atoms with E-state index in [0.717, 1.165) is 38.9 Å². The molecular weight excluding hydrogens is 204 g/mol. The Bertz CT molecular complexity index is 267. The van der Waals surface area contributed by atoms with Crippen LogP contribution < -0.4 is 0 Å². The predicted octanol–water partition coefficient (Wildman–Crippen LogP) is 2.53. The topological polar surface area (TPSA) is 35.5 Å². The second-order valence-electron chi connectivity index (χ2n) is 6.04. The van der Waals surface area contributed by atoms with Crippen molar-refractivity contribution in [2.45, 2.75) is 52.1 Å². The molecule has 0 bridgehead atoms. The molecule has 0 aromatic carbocycles. The fraction of sp³-hybridized carbons (Fsp3) is 0.923. The first kappa shape index (κ1) is 11.9. The van der Waals surface area contributed by atoms with Crippen molar-refractivity contribution < 1.29 is 14.3 Å². The third kappa shape index (κ3) is 2.40. The first-order valence-electron chi connectivity index (χ1n) is 6.25. The van der Waals surface area contributed by atoms with Gasteiger partial charge in [-0.15, -0.1) is 0 Å². The molecule has 0 radical (unpaired) electrons. The minimum absolute atomic E-state index is 0.0203. The standard InChI is InChI=1S/C13H22O3/c1-12(2,3)16-11(14)13(6-7-13)10-4-8-15-9-5-10/h10H,4-9H2,1-3H3. The van der Waals surface area contributed by atoms with Crippen LogP contribution in [0.1, 0.15) is 46.5 Å². The fourth-order valence-electron chi connectivity index (χ4n) is 2.54. The van der Waals surface area contributed by atoms with Crippen LogP contribution in [0, 0.1) is 11.3 Å². The third-order valence-corrected chi connectivity index (χ3v) is 3.60. The molecule has 0 N–H and O–H groups in total. The average Bonchev–Trinajstić information content (AvgIpc) is 2.97. The molecule has 16 heavy (non-hydrogen) atoms. The zero-order chi connectivity index (χ0) is 11.8. The maximum Gasteiger partial charge on any atom is 0.312 e. The lowest BCUT2D eigenvalue weighted by molar-refractivity contribution is -0.165. The molecular formula is C13H22O3. The summed E-state index contributed by atoms with van der Waals surface area (Å²) in [7, 11) is 0. The van der Waals surface area contributed by atoms with E-state index in [1.807, 2.05) is 20.8 Å². The van der Waals surface area contributed by atoms with Crippen molar-refractivity contribution in [2.24, 2.45) is 11.3 Å². The van der Waals surface area contributed by atoms with E-state index in [0.29, 0.717) is 5.92 Å². The Hall–Kier alpha value is -0.570. The molecule has 1 aliphatic heterocycles. The van der Waals surface area contributed by atoms with Gasteiger partial charge < -0.3 is 9.47 Å². The lowest BCUT2D eigenvalue weighted by atomic mass is 9.83. The molecule has 0 aromatic heterocycles. The summed E-state index contributed by atoms with van der Waals surface area (Å²) in [4.78, 5) is 12.2. The molecule has 3 heteroatoms.